The molecule has 0 aliphatic heterocycles. The van der Waals surface area contributed by atoms with E-state index in [9.17, 15) is 9.59 Å². The highest BCUT2D eigenvalue weighted by Crippen LogP contribution is 2.07. The van der Waals surface area contributed by atoms with Crippen molar-refractivity contribution in [2.45, 2.75) is 53.5 Å². The first-order valence-corrected chi connectivity index (χ1v) is 6.49. The summed E-state index contributed by atoms with van der Waals surface area (Å²) in [4.78, 5) is 25.2. The third-order valence-corrected chi connectivity index (χ3v) is 2.77. The second kappa shape index (κ2) is 8.09. The average Bonchev–Trinajstić information content (AvgIpc) is 2.26. The van der Waals surface area contributed by atoms with E-state index in [1.165, 1.54) is 6.92 Å². The lowest BCUT2D eigenvalue weighted by Gasteiger charge is -2.28. The maximum absolute atomic E-state index is 12.3. The number of carbonyl (C=O) groups excluding carboxylic acids is 2. The number of carbonyl (C=O) groups is 2. The van der Waals surface area contributed by atoms with E-state index in [-0.39, 0.29) is 17.7 Å². The molecule has 4 heteroatoms. The molecule has 4 nitrogen and oxygen atoms in total. The van der Waals surface area contributed by atoms with Gasteiger partial charge in [0.05, 0.1) is 0 Å². The van der Waals surface area contributed by atoms with Crippen LogP contribution < -0.4 is 5.32 Å². The molecule has 0 rings (SSSR count). The summed E-state index contributed by atoms with van der Waals surface area (Å²) in [7, 11) is 0. The lowest BCUT2D eigenvalue weighted by atomic mass is 10.0. The van der Waals surface area contributed by atoms with Crippen LogP contribution in [0.5, 0.6) is 0 Å². The van der Waals surface area contributed by atoms with Gasteiger partial charge in [-0.2, -0.15) is 0 Å². The highest BCUT2D eigenvalue weighted by atomic mass is 16.2. The second-order valence-electron chi connectivity index (χ2n) is 4.69. The van der Waals surface area contributed by atoms with Crippen LogP contribution in [0.15, 0.2) is 0 Å². The molecule has 0 aromatic rings. The number of hydrogen-bond acceptors (Lipinski definition) is 2. The van der Waals surface area contributed by atoms with Gasteiger partial charge in [0.15, 0.2) is 0 Å². The summed E-state index contributed by atoms with van der Waals surface area (Å²) >= 11 is 0. The number of hydrogen-bond donors (Lipinski definition) is 1. The molecule has 0 saturated carbocycles. The van der Waals surface area contributed by atoms with Crippen molar-refractivity contribution < 1.29 is 9.59 Å². The van der Waals surface area contributed by atoms with Crippen LogP contribution in [0, 0.1) is 5.92 Å². The van der Waals surface area contributed by atoms with E-state index in [0.29, 0.717) is 6.54 Å². The molecular weight excluding hydrogens is 216 g/mol. The SMILES string of the molecule is CCCCN(CC)C(=O)C(NC(C)=O)C(C)C. The van der Waals surface area contributed by atoms with Crippen LogP contribution >= 0.6 is 0 Å². The van der Waals surface area contributed by atoms with Gasteiger partial charge in [-0.1, -0.05) is 27.2 Å². The van der Waals surface area contributed by atoms with Gasteiger partial charge in [-0.15, -0.1) is 0 Å². The molecule has 0 aliphatic rings. The smallest absolute Gasteiger partial charge is 0.245 e. The normalized spacial score (nSPS) is 12.4. The zero-order chi connectivity index (χ0) is 13.4. The Morgan fingerprint density at radius 2 is 1.82 bits per heavy atom. The van der Waals surface area contributed by atoms with Gasteiger partial charge in [-0.05, 0) is 19.3 Å². The molecule has 17 heavy (non-hydrogen) atoms. The molecule has 0 fully saturated rings. The Morgan fingerprint density at radius 1 is 1.24 bits per heavy atom. The minimum atomic E-state index is -0.399. The summed E-state index contributed by atoms with van der Waals surface area (Å²) in [5.74, 6) is -0.00294. The Morgan fingerprint density at radius 3 is 2.18 bits per heavy atom. The van der Waals surface area contributed by atoms with Gasteiger partial charge in [-0.3, -0.25) is 9.59 Å². The first kappa shape index (κ1) is 15.9. The van der Waals surface area contributed by atoms with Gasteiger partial charge < -0.3 is 10.2 Å². The van der Waals surface area contributed by atoms with E-state index in [0.717, 1.165) is 19.4 Å². The van der Waals surface area contributed by atoms with Crippen LogP contribution in [0.3, 0.4) is 0 Å². The van der Waals surface area contributed by atoms with Crippen LogP contribution in [0.1, 0.15) is 47.5 Å². The van der Waals surface area contributed by atoms with Gasteiger partial charge in [-0.25, -0.2) is 0 Å². The standard InChI is InChI=1S/C13H26N2O2/c1-6-8-9-15(7-2)13(17)12(10(3)4)14-11(5)16/h10,12H,6-9H2,1-5H3,(H,14,16). The molecule has 1 N–H and O–H groups in total. The van der Waals surface area contributed by atoms with Crippen molar-refractivity contribution in [1.82, 2.24) is 10.2 Å². The number of unbranched alkanes of at least 4 members (excludes halogenated alkanes) is 1. The van der Waals surface area contributed by atoms with Crippen molar-refractivity contribution in [2.24, 2.45) is 5.92 Å². The molecule has 100 valence electrons. The molecule has 0 heterocycles. The summed E-state index contributed by atoms with van der Waals surface area (Å²) < 4.78 is 0. The van der Waals surface area contributed by atoms with E-state index in [1.54, 1.807) is 0 Å². The number of likely N-dealkylation sites (N-methyl/N-ethyl adjacent to an activating group) is 1. The Labute approximate surface area is 105 Å². The lowest BCUT2D eigenvalue weighted by Crippen LogP contribution is -2.50. The topological polar surface area (TPSA) is 49.4 Å². The molecule has 2 amide bonds. The first-order chi connectivity index (χ1) is 7.93. The van der Waals surface area contributed by atoms with Crippen molar-refractivity contribution >= 4 is 11.8 Å². The largest absolute Gasteiger partial charge is 0.344 e. The monoisotopic (exact) mass is 242 g/mol. The highest BCUT2D eigenvalue weighted by molar-refractivity contribution is 5.87. The Balaban J connectivity index is 4.60. The second-order valence-corrected chi connectivity index (χ2v) is 4.69. The zero-order valence-corrected chi connectivity index (χ0v) is 11.7. The van der Waals surface area contributed by atoms with Crippen molar-refractivity contribution in [3.63, 3.8) is 0 Å². The van der Waals surface area contributed by atoms with Crippen LogP contribution in [-0.4, -0.2) is 35.8 Å². The maximum Gasteiger partial charge on any atom is 0.245 e. The Bertz CT molecular complexity index is 252. The Kier molecular flexibility index (Phi) is 7.59. The molecule has 0 aromatic heterocycles. The number of rotatable bonds is 7. The third-order valence-electron chi connectivity index (χ3n) is 2.77. The van der Waals surface area contributed by atoms with Gasteiger partial charge in [0.25, 0.3) is 0 Å². The van der Waals surface area contributed by atoms with E-state index >= 15 is 0 Å². The van der Waals surface area contributed by atoms with Crippen LogP contribution in [0.25, 0.3) is 0 Å². The molecule has 0 spiro atoms. The van der Waals surface area contributed by atoms with E-state index in [4.69, 9.17) is 0 Å². The summed E-state index contributed by atoms with van der Waals surface area (Å²) in [6, 6.07) is -0.399. The summed E-state index contributed by atoms with van der Waals surface area (Å²) in [6.07, 6.45) is 2.07. The first-order valence-electron chi connectivity index (χ1n) is 6.49. The minimum Gasteiger partial charge on any atom is -0.344 e. The quantitative estimate of drug-likeness (QED) is 0.740. The van der Waals surface area contributed by atoms with Gasteiger partial charge >= 0.3 is 0 Å². The Hall–Kier alpha value is -1.06. The number of amides is 2. The fourth-order valence-corrected chi connectivity index (χ4v) is 1.70. The van der Waals surface area contributed by atoms with Crippen molar-refractivity contribution in [3.8, 4) is 0 Å². The van der Waals surface area contributed by atoms with Crippen LogP contribution in [-0.2, 0) is 9.59 Å². The molecule has 1 unspecified atom stereocenters. The lowest BCUT2D eigenvalue weighted by molar-refractivity contribution is -0.137. The molecule has 0 aromatic carbocycles. The van der Waals surface area contributed by atoms with Gasteiger partial charge in [0.1, 0.15) is 6.04 Å². The number of nitrogens with zero attached hydrogens (tertiary/aromatic N) is 1. The third kappa shape index (κ3) is 5.71. The van der Waals surface area contributed by atoms with Crippen LogP contribution in [0.4, 0.5) is 0 Å². The van der Waals surface area contributed by atoms with Crippen molar-refractivity contribution in [2.75, 3.05) is 13.1 Å². The van der Waals surface area contributed by atoms with Gasteiger partial charge in [0.2, 0.25) is 11.8 Å². The van der Waals surface area contributed by atoms with Crippen LogP contribution in [0.2, 0.25) is 0 Å². The fraction of sp³-hybridized carbons (Fsp3) is 0.846. The number of nitrogens with one attached hydrogen (secondary N) is 1. The molecule has 0 aliphatic carbocycles. The predicted molar refractivity (Wildman–Crippen MR) is 69.6 cm³/mol. The molecule has 0 radical (unpaired) electrons. The van der Waals surface area contributed by atoms with E-state index in [1.807, 2.05) is 25.7 Å². The summed E-state index contributed by atoms with van der Waals surface area (Å²) in [6.45, 7) is 10.9. The predicted octanol–water partition coefficient (Wildman–Crippen LogP) is 1.80. The van der Waals surface area contributed by atoms with Gasteiger partial charge in [0, 0.05) is 20.0 Å². The summed E-state index contributed by atoms with van der Waals surface area (Å²) in [5.41, 5.74) is 0. The molecule has 1 atom stereocenters. The maximum atomic E-state index is 12.3. The minimum absolute atomic E-state index is 0.0335. The zero-order valence-electron chi connectivity index (χ0n) is 11.7. The molecular formula is C13H26N2O2. The van der Waals surface area contributed by atoms with Crippen molar-refractivity contribution in [3.05, 3.63) is 0 Å². The molecule has 0 bridgehead atoms. The molecule has 0 saturated heterocycles. The van der Waals surface area contributed by atoms with E-state index < -0.39 is 6.04 Å². The fourth-order valence-electron chi connectivity index (χ4n) is 1.70. The van der Waals surface area contributed by atoms with E-state index in [2.05, 4.69) is 12.2 Å². The van der Waals surface area contributed by atoms with Crippen molar-refractivity contribution in [1.29, 1.82) is 0 Å². The highest BCUT2D eigenvalue weighted by Gasteiger charge is 2.26. The summed E-state index contributed by atoms with van der Waals surface area (Å²) in [5, 5.41) is 2.74. The average molecular weight is 242 g/mol.